The molecule has 0 spiro atoms. The van der Waals surface area contributed by atoms with Gasteiger partial charge in [-0.1, -0.05) is 66.7 Å². The lowest BCUT2D eigenvalue weighted by molar-refractivity contribution is 0.102. The molecule has 1 heterocycles. The van der Waals surface area contributed by atoms with E-state index >= 15 is 0 Å². The molecule has 3 heteroatoms. The van der Waals surface area contributed by atoms with Gasteiger partial charge in [0.05, 0.1) is 0 Å². The monoisotopic (exact) mass is 354 g/mol. The van der Waals surface area contributed by atoms with E-state index in [9.17, 15) is 4.79 Å². The number of furan rings is 1. The third kappa shape index (κ3) is 3.98. The van der Waals surface area contributed by atoms with Crippen molar-refractivity contribution in [3.63, 3.8) is 0 Å². The lowest BCUT2D eigenvalue weighted by atomic mass is 10.1. The van der Waals surface area contributed by atoms with E-state index < -0.39 is 0 Å². The largest absolute Gasteiger partial charge is 0.488 e. The van der Waals surface area contributed by atoms with Crippen LogP contribution in [0.25, 0.3) is 17.0 Å². The molecule has 3 nitrogen and oxygen atoms in total. The molecule has 0 N–H and O–H groups in total. The molecule has 27 heavy (non-hydrogen) atoms. The average Bonchev–Trinajstić information content (AvgIpc) is 3.16. The minimum Gasteiger partial charge on any atom is -0.488 e. The second-order valence-corrected chi connectivity index (χ2v) is 6.16. The molecule has 0 aliphatic heterocycles. The van der Waals surface area contributed by atoms with Crippen molar-refractivity contribution in [2.24, 2.45) is 0 Å². The van der Waals surface area contributed by atoms with Gasteiger partial charge in [0.25, 0.3) is 0 Å². The second-order valence-electron chi connectivity index (χ2n) is 6.16. The Morgan fingerprint density at radius 3 is 2.48 bits per heavy atom. The van der Waals surface area contributed by atoms with Gasteiger partial charge >= 0.3 is 0 Å². The molecule has 0 saturated carbocycles. The molecule has 0 aliphatic carbocycles. The van der Waals surface area contributed by atoms with E-state index in [1.165, 1.54) is 6.08 Å². The summed E-state index contributed by atoms with van der Waals surface area (Å²) < 4.78 is 11.5. The Bertz CT molecular complexity index is 1060. The number of hydrogen-bond donors (Lipinski definition) is 0. The molecule has 3 aromatic carbocycles. The fourth-order valence-corrected chi connectivity index (χ4v) is 2.84. The maximum Gasteiger partial charge on any atom is 0.221 e. The normalized spacial score (nSPS) is 11.1. The number of para-hydroxylation sites is 2. The molecule has 0 atom stereocenters. The van der Waals surface area contributed by atoms with Crippen molar-refractivity contribution >= 4 is 22.8 Å². The lowest BCUT2D eigenvalue weighted by Crippen LogP contribution is -1.97. The summed E-state index contributed by atoms with van der Waals surface area (Å²) in [5.41, 5.74) is 2.65. The maximum atomic E-state index is 12.5. The first-order valence-electron chi connectivity index (χ1n) is 8.76. The predicted octanol–water partition coefficient (Wildman–Crippen LogP) is 5.91. The van der Waals surface area contributed by atoms with Crippen molar-refractivity contribution in [3.05, 3.63) is 108 Å². The van der Waals surface area contributed by atoms with E-state index in [1.807, 2.05) is 78.9 Å². The Kier molecular flexibility index (Phi) is 4.84. The van der Waals surface area contributed by atoms with E-state index in [2.05, 4.69) is 0 Å². The van der Waals surface area contributed by atoms with Gasteiger partial charge in [0, 0.05) is 10.9 Å². The SMILES string of the molecule is O=C(C=Cc1ccccc1OCc1ccccc1)c1cc2ccccc2o1. The zero-order valence-electron chi connectivity index (χ0n) is 14.7. The van der Waals surface area contributed by atoms with Crippen LogP contribution in [0.15, 0.2) is 95.4 Å². The highest BCUT2D eigenvalue weighted by atomic mass is 16.5. The number of allylic oxidation sites excluding steroid dienone is 1. The minimum atomic E-state index is -0.177. The summed E-state index contributed by atoms with van der Waals surface area (Å²) >= 11 is 0. The van der Waals surface area contributed by atoms with Crippen LogP contribution in [0.4, 0.5) is 0 Å². The molecule has 0 fully saturated rings. The molecule has 4 aromatic rings. The molecule has 0 amide bonds. The van der Waals surface area contributed by atoms with E-state index in [1.54, 1.807) is 12.1 Å². The number of rotatable bonds is 6. The van der Waals surface area contributed by atoms with Gasteiger partial charge in [0.1, 0.15) is 17.9 Å². The number of ketones is 1. The third-order valence-corrected chi connectivity index (χ3v) is 4.24. The van der Waals surface area contributed by atoms with Crippen LogP contribution in [0.5, 0.6) is 5.75 Å². The number of carbonyl (C=O) groups excluding carboxylic acids is 1. The standard InChI is InChI=1S/C24H18O3/c25-21(24-16-20-11-5-7-13-23(20)27-24)15-14-19-10-4-6-12-22(19)26-17-18-8-2-1-3-9-18/h1-16H,17H2. The van der Waals surface area contributed by atoms with Crippen molar-refractivity contribution in [1.29, 1.82) is 0 Å². The van der Waals surface area contributed by atoms with Gasteiger partial charge in [0.2, 0.25) is 5.78 Å². The molecular formula is C24H18O3. The number of benzene rings is 3. The van der Waals surface area contributed by atoms with Gasteiger partial charge in [0.15, 0.2) is 5.76 Å². The number of fused-ring (bicyclic) bond motifs is 1. The lowest BCUT2D eigenvalue weighted by Gasteiger charge is -2.09. The van der Waals surface area contributed by atoms with E-state index in [0.717, 1.165) is 22.3 Å². The van der Waals surface area contributed by atoms with Crippen molar-refractivity contribution in [2.45, 2.75) is 6.61 Å². The van der Waals surface area contributed by atoms with E-state index in [4.69, 9.17) is 9.15 Å². The van der Waals surface area contributed by atoms with Crippen molar-refractivity contribution < 1.29 is 13.9 Å². The Morgan fingerprint density at radius 2 is 1.63 bits per heavy atom. The summed E-state index contributed by atoms with van der Waals surface area (Å²) in [5.74, 6) is 0.884. The van der Waals surface area contributed by atoms with Crippen molar-refractivity contribution in [1.82, 2.24) is 0 Å². The van der Waals surface area contributed by atoms with Gasteiger partial charge < -0.3 is 9.15 Å². The fraction of sp³-hybridized carbons (Fsp3) is 0.0417. The molecule has 0 saturated heterocycles. The highest BCUT2D eigenvalue weighted by Gasteiger charge is 2.09. The second kappa shape index (κ2) is 7.75. The molecule has 0 aliphatic rings. The third-order valence-electron chi connectivity index (χ3n) is 4.24. The van der Waals surface area contributed by atoms with Crippen LogP contribution in [0, 0.1) is 0 Å². The Morgan fingerprint density at radius 1 is 0.889 bits per heavy atom. The predicted molar refractivity (Wildman–Crippen MR) is 107 cm³/mol. The smallest absolute Gasteiger partial charge is 0.221 e. The summed E-state index contributed by atoms with van der Waals surface area (Å²) in [6.45, 7) is 0.475. The summed E-state index contributed by atoms with van der Waals surface area (Å²) in [6, 6.07) is 27.0. The summed E-state index contributed by atoms with van der Waals surface area (Å²) in [6.07, 6.45) is 3.28. The molecule has 0 bridgehead atoms. The number of ether oxygens (including phenoxy) is 1. The Labute approximate surface area is 157 Å². The summed E-state index contributed by atoms with van der Waals surface area (Å²) in [5, 5.41) is 0.917. The van der Waals surface area contributed by atoms with Crippen molar-refractivity contribution in [3.8, 4) is 5.75 Å². The van der Waals surface area contributed by atoms with Crippen molar-refractivity contribution in [2.75, 3.05) is 0 Å². The van der Waals surface area contributed by atoms with Gasteiger partial charge in [-0.3, -0.25) is 4.79 Å². The summed E-state index contributed by atoms with van der Waals surface area (Å²) in [4.78, 5) is 12.5. The quantitative estimate of drug-likeness (QED) is 0.319. The topological polar surface area (TPSA) is 39.4 Å². The van der Waals surface area contributed by atoms with Gasteiger partial charge in [-0.15, -0.1) is 0 Å². The van der Waals surface area contributed by atoms with Crippen LogP contribution in [-0.2, 0) is 6.61 Å². The first kappa shape index (κ1) is 16.9. The van der Waals surface area contributed by atoms with Gasteiger partial charge in [-0.25, -0.2) is 0 Å². The van der Waals surface area contributed by atoms with Crippen LogP contribution >= 0.6 is 0 Å². The van der Waals surface area contributed by atoms with Crippen LogP contribution in [0.3, 0.4) is 0 Å². The first-order valence-corrected chi connectivity index (χ1v) is 8.76. The van der Waals surface area contributed by atoms with Crippen LogP contribution in [0.2, 0.25) is 0 Å². The molecule has 132 valence electrons. The highest BCUT2D eigenvalue weighted by molar-refractivity contribution is 6.07. The van der Waals surface area contributed by atoms with Gasteiger partial charge in [-0.2, -0.15) is 0 Å². The van der Waals surface area contributed by atoms with E-state index in [-0.39, 0.29) is 5.78 Å². The van der Waals surface area contributed by atoms with E-state index in [0.29, 0.717) is 18.0 Å². The molecule has 1 aromatic heterocycles. The zero-order valence-corrected chi connectivity index (χ0v) is 14.7. The minimum absolute atomic E-state index is 0.177. The fourth-order valence-electron chi connectivity index (χ4n) is 2.84. The first-order chi connectivity index (χ1) is 13.3. The highest BCUT2D eigenvalue weighted by Crippen LogP contribution is 2.23. The van der Waals surface area contributed by atoms with Crippen LogP contribution < -0.4 is 4.74 Å². The Balaban J connectivity index is 1.50. The summed E-state index contributed by atoms with van der Waals surface area (Å²) in [7, 11) is 0. The maximum absolute atomic E-state index is 12.5. The van der Waals surface area contributed by atoms with Crippen LogP contribution in [0.1, 0.15) is 21.7 Å². The van der Waals surface area contributed by atoms with Crippen LogP contribution in [-0.4, -0.2) is 5.78 Å². The molecular weight excluding hydrogens is 336 g/mol. The number of hydrogen-bond acceptors (Lipinski definition) is 3. The number of carbonyl (C=O) groups is 1. The van der Waals surface area contributed by atoms with Gasteiger partial charge in [-0.05, 0) is 35.9 Å². The molecule has 0 radical (unpaired) electrons. The Hall–Kier alpha value is -3.59. The zero-order chi connectivity index (χ0) is 18.5. The molecule has 0 unspecified atom stereocenters. The molecule has 4 rings (SSSR count). The average molecular weight is 354 g/mol.